The van der Waals surface area contributed by atoms with E-state index in [4.69, 9.17) is 0 Å². The molecule has 0 heterocycles. The summed E-state index contributed by atoms with van der Waals surface area (Å²) in [6, 6.07) is 0. The van der Waals surface area contributed by atoms with E-state index < -0.39 is 0 Å². The quantitative estimate of drug-likeness (QED) is 0.490. The van der Waals surface area contributed by atoms with Gasteiger partial charge < -0.3 is 0 Å². The average molecular weight is 112 g/mol. The van der Waals surface area contributed by atoms with Gasteiger partial charge >= 0.3 is 0 Å². The van der Waals surface area contributed by atoms with Crippen molar-refractivity contribution in [3.63, 3.8) is 0 Å². The Balaban J connectivity index is 3.57. The minimum Gasteiger partial charge on any atom is -0.193 e. The molecule has 0 atom stereocenters. The molecule has 0 fully saturated rings. The van der Waals surface area contributed by atoms with Crippen molar-refractivity contribution in [2.24, 2.45) is 10.2 Å². The van der Waals surface area contributed by atoms with Gasteiger partial charge in [0.15, 0.2) is 0 Å². The highest BCUT2D eigenvalue weighted by Gasteiger charge is 1.77. The fraction of sp³-hybridized carbons (Fsp3) is 0.667. The van der Waals surface area contributed by atoms with Gasteiger partial charge in [0.05, 0.1) is 0 Å². The Kier molecular flexibility index (Phi) is 4.13. The van der Waals surface area contributed by atoms with Gasteiger partial charge in [-0.3, -0.25) is 0 Å². The first kappa shape index (κ1) is 7.34. The summed E-state index contributed by atoms with van der Waals surface area (Å²) in [4.78, 5) is 0. The molecule has 0 aromatic carbocycles. The molecule has 0 amide bonds. The van der Waals surface area contributed by atoms with Crippen LogP contribution in [0.3, 0.4) is 0 Å². The Labute approximate surface area is 50.3 Å². The molecule has 0 aliphatic rings. The number of allylic oxidation sites excluding steroid dienone is 1. The molecule has 0 saturated heterocycles. The van der Waals surface area contributed by atoms with E-state index in [1.54, 1.807) is 13.2 Å². The molecule has 0 radical (unpaired) electrons. The summed E-state index contributed by atoms with van der Waals surface area (Å²) in [5.41, 5.74) is 1.26. The third-order valence-corrected chi connectivity index (χ3v) is 0.951. The van der Waals surface area contributed by atoms with Crippen LogP contribution < -0.4 is 0 Å². The average Bonchev–Trinajstić information content (AvgIpc) is 1.83. The molecule has 2 nitrogen and oxygen atoms in total. The van der Waals surface area contributed by atoms with Crippen LogP contribution in [0.25, 0.3) is 0 Å². The van der Waals surface area contributed by atoms with Crippen LogP contribution in [0.4, 0.5) is 0 Å². The van der Waals surface area contributed by atoms with E-state index in [2.05, 4.69) is 17.2 Å². The molecule has 0 bridgehead atoms. The van der Waals surface area contributed by atoms with Crippen molar-refractivity contribution >= 4 is 0 Å². The van der Waals surface area contributed by atoms with Gasteiger partial charge in [-0.1, -0.05) is 12.5 Å². The molecule has 46 valence electrons. The molecule has 2 heteroatoms. The van der Waals surface area contributed by atoms with Crippen molar-refractivity contribution in [1.82, 2.24) is 0 Å². The molecule has 0 aliphatic heterocycles. The van der Waals surface area contributed by atoms with Crippen LogP contribution in [0.15, 0.2) is 22.0 Å². The van der Waals surface area contributed by atoms with Crippen LogP contribution in [-0.4, -0.2) is 7.05 Å². The summed E-state index contributed by atoms with van der Waals surface area (Å²) in [6.07, 6.45) is 2.83. The van der Waals surface area contributed by atoms with Gasteiger partial charge in [0.25, 0.3) is 0 Å². The smallest absolute Gasteiger partial charge is 0.0491 e. The Hall–Kier alpha value is -0.660. The maximum atomic E-state index is 3.71. The summed E-state index contributed by atoms with van der Waals surface area (Å²) >= 11 is 0. The molecule has 0 N–H and O–H groups in total. The zero-order chi connectivity index (χ0) is 6.41. The van der Waals surface area contributed by atoms with Gasteiger partial charge in [0.2, 0.25) is 0 Å². The number of azo groups is 1. The van der Waals surface area contributed by atoms with E-state index >= 15 is 0 Å². The number of nitrogens with zero attached hydrogens (tertiary/aromatic N) is 2. The highest BCUT2D eigenvalue weighted by atomic mass is 15.1. The standard InChI is InChI=1S/C6H12N2/c1-4-6(2)5-8-7-3/h5H,4H2,1-3H3/b6-5+,8-7?. The Bertz CT molecular complexity index is 103. The molecule has 0 rings (SSSR count). The van der Waals surface area contributed by atoms with E-state index in [0.717, 1.165) is 6.42 Å². The molecule has 0 saturated carbocycles. The fourth-order valence-corrected chi connectivity index (χ4v) is 0.248. The number of rotatable bonds is 2. The third-order valence-electron chi connectivity index (χ3n) is 0.951. The molecule has 0 aromatic rings. The normalized spacial score (nSPS) is 13.1. The fourth-order valence-electron chi connectivity index (χ4n) is 0.248. The van der Waals surface area contributed by atoms with Crippen molar-refractivity contribution < 1.29 is 0 Å². The Morgan fingerprint density at radius 3 is 2.62 bits per heavy atom. The van der Waals surface area contributed by atoms with E-state index in [-0.39, 0.29) is 0 Å². The van der Waals surface area contributed by atoms with Crippen molar-refractivity contribution in [2.45, 2.75) is 20.3 Å². The van der Waals surface area contributed by atoms with E-state index in [1.165, 1.54) is 5.57 Å². The highest BCUT2D eigenvalue weighted by molar-refractivity contribution is 4.93. The zero-order valence-electron chi connectivity index (χ0n) is 5.68. The first-order chi connectivity index (χ1) is 3.81. The third kappa shape index (κ3) is 3.53. The van der Waals surface area contributed by atoms with Gasteiger partial charge in [-0.2, -0.15) is 10.2 Å². The Morgan fingerprint density at radius 2 is 2.25 bits per heavy atom. The number of hydrogen-bond donors (Lipinski definition) is 0. The molecular weight excluding hydrogens is 100 g/mol. The topological polar surface area (TPSA) is 24.7 Å². The van der Waals surface area contributed by atoms with E-state index in [1.807, 2.05) is 6.92 Å². The van der Waals surface area contributed by atoms with Gasteiger partial charge in [-0.05, 0) is 13.3 Å². The molecule has 0 aromatic heterocycles. The number of hydrogen-bond acceptors (Lipinski definition) is 2. The van der Waals surface area contributed by atoms with Crippen molar-refractivity contribution in [3.8, 4) is 0 Å². The second-order valence-electron chi connectivity index (χ2n) is 1.64. The molecule has 0 unspecified atom stereocenters. The first-order valence-corrected chi connectivity index (χ1v) is 2.75. The maximum Gasteiger partial charge on any atom is 0.0491 e. The van der Waals surface area contributed by atoms with E-state index in [9.17, 15) is 0 Å². The highest BCUT2D eigenvalue weighted by Crippen LogP contribution is 1.96. The molecule has 0 spiro atoms. The first-order valence-electron chi connectivity index (χ1n) is 2.75. The lowest BCUT2D eigenvalue weighted by atomic mass is 10.3. The van der Waals surface area contributed by atoms with Crippen molar-refractivity contribution in [2.75, 3.05) is 7.05 Å². The van der Waals surface area contributed by atoms with Gasteiger partial charge in [0, 0.05) is 13.2 Å². The lowest BCUT2D eigenvalue weighted by Crippen LogP contribution is -1.66. The van der Waals surface area contributed by atoms with Gasteiger partial charge in [-0.15, -0.1) is 0 Å². The predicted molar refractivity (Wildman–Crippen MR) is 34.8 cm³/mol. The van der Waals surface area contributed by atoms with Gasteiger partial charge in [-0.25, -0.2) is 0 Å². The summed E-state index contributed by atoms with van der Waals surface area (Å²) in [6.45, 7) is 4.13. The van der Waals surface area contributed by atoms with Crippen LogP contribution >= 0.6 is 0 Å². The second-order valence-corrected chi connectivity index (χ2v) is 1.64. The minimum absolute atomic E-state index is 1.05. The van der Waals surface area contributed by atoms with Crippen molar-refractivity contribution in [1.29, 1.82) is 0 Å². The van der Waals surface area contributed by atoms with Crippen LogP contribution in [0, 0.1) is 0 Å². The molecule has 0 aliphatic carbocycles. The lowest BCUT2D eigenvalue weighted by molar-refractivity contribution is 1.05. The second kappa shape index (κ2) is 4.50. The van der Waals surface area contributed by atoms with Crippen LogP contribution in [0.1, 0.15) is 20.3 Å². The lowest BCUT2D eigenvalue weighted by Gasteiger charge is -1.85. The molecular formula is C6H12N2. The summed E-state index contributed by atoms with van der Waals surface area (Å²) in [5, 5.41) is 7.28. The minimum atomic E-state index is 1.05. The Morgan fingerprint density at radius 1 is 1.62 bits per heavy atom. The van der Waals surface area contributed by atoms with Crippen LogP contribution in [0.2, 0.25) is 0 Å². The predicted octanol–water partition coefficient (Wildman–Crippen LogP) is 2.38. The largest absolute Gasteiger partial charge is 0.193 e. The monoisotopic (exact) mass is 112 g/mol. The zero-order valence-corrected chi connectivity index (χ0v) is 5.68. The summed E-state index contributed by atoms with van der Waals surface area (Å²) < 4.78 is 0. The SMILES string of the molecule is CC/C(C)=C/N=NC. The van der Waals surface area contributed by atoms with Crippen LogP contribution in [0.5, 0.6) is 0 Å². The van der Waals surface area contributed by atoms with Gasteiger partial charge in [0.1, 0.15) is 0 Å². The van der Waals surface area contributed by atoms with Crippen LogP contribution in [-0.2, 0) is 0 Å². The van der Waals surface area contributed by atoms with E-state index in [0.29, 0.717) is 0 Å². The maximum absolute atomic E-state index is 3.71. The summed E-state index contributed by atoms with van der Waals surface area (Å²) in [7, 11) is 1.67. The molecule has 8 heavy (non-hydrogen) atoms. The summed E-state index contributed by atoms with van der Waals surface area (Å²) in [5.74, 6) is 0. The van der Waals surface area contributed by atoms with Crippen molar-refractivity contribution in [3.05, 3.63) is 11.8 Å².